The molecule has 10 aromatic carbocycles. The van der Waals surface area contributed by atoms with Gasteiger partial charge in [-0.2, -0.15) is 0 Å². The molecule has 0 fully saturated rings. The van der Waals surface area contributed by atoms with E-state index in [0.29, 0.717) is 11.8 Å². The van der Waals surface area contributed by atoms with E-state index < -0.39 is 0 Å². The van der Waals surface area contributed by atoms with Crippen molar-refractivity contribution in [1.82, 2.24) is 0 Å². The molecule has 0 amide bonds. The van der Waals surface area contributed by atoms with Crippen molar-refractivity contribution in [1.29, 1.82) is 0 Å². The summed E-state index contributed by atoms with van der Waals surface area (Å²) in [7, 11) is 5.45. The predicted molar refractivity (Wildman–Crippen MR) is 341 cm³/mol. The van der Waals surface area contributed by atoms with Crippen LogP contribution in [0.1, 0.15) is 158 Å². The molecule has 0 saturated heterocycles. The largest absolute Gasteiger partial charge is 0.497 e. The molecule has 0 N–H and O–H groups in total. The first-order chi connectivity index (χ1) is 37.9. The molecule has 3 nitrogen and oxygen atoms in total. The maximum absolute atomic E-state index is 6.34. The molecule has 4 aliphatic rings. The van der Waals surface area contributed by atoms with Crippen molar-refractivity contribution >= 4 is 78.5 Å². The van der Waals surface area contributed by atoms with Crippen LogP contribution < -0.4 is 47.0 Å². The van der Waals surface area contributed by atoms with Gasteiger partial charge in [-0.15, -0.1) is 0 Å². The normalized spacial score (nSPS) is 13.4. The summed E-state index contributed by atoms with van der Waals surface area (Å²) < 4.78 is 18.7. The Morgan fingerprint density at radius 2 is 0.658 bits per heavy atom. The second kappa shape index (κ2) is 17.6. The number of rotatable bonds is 11. The highest BCUT2D eigenvalue weighted by molar-refractivity contribution is 7.03. The fourth-order valence-electron chi connectivity index (χ4n) is 15.4. The van der Waals surface area contributed by atoms with Gasteiger partial charge in [-0.3, -0.25) is 0 Å². The monoisotopic (exact) mass is 1030 g/mol. The van der Waals surface area contributed by atoms with Crippen LogP contribution in [-0.4, -0.2) is 34.8 Å². The summed E-state index contributed by atoms with van der Waals surface area (Å²) in [4.78, 5) is 0. The lowest BCUT2D eigenvalue weighted by Gasteiger charge is -2.34. The van der Waals surface area contributed by atoms with Crippen LogP contribution in [0.25, 0.3) is 99.1 Å². The number of fused-ring (bicyclic) bond motifs is 10. The van der Waals surface area contributed by atoms with E-state index in [2.05, 4.69) is 199 Å². The van der Waals surface area contributed by atoms with Crippen LogP contribution in [0.4, 0.5) is 0 Å². The number of benzene rings is 10. The Bertz CT molecular complexity index is 4170. The minimum absolute atomic E-state index is 0.000560. The molecule has 0 saturated carbocycles. The summed E-state index contributed by atoms with van der Waals surface area (Å²) in [6, 6.07) is 44.3. The zero-order valence-electron chi connectivity index (χ0n) is 49.2. The number of aryl methyl sites for hydroxylation is 1. The van der Waals surface area contributed by atoms with E-state index in [4.69, 9.17) is 14.2 Å². The molecule has 0 spiro atoms. The van der Waals surface area contributed by atoms with Gasteiger partial charge in [0.2, 0.25) is 13.4 Å². The average Bonchev–Trinajstić information content (AvgIpc) is 2.82. The van der Waals surface area contributed by atoms with Gasteiger partial charge in [-0.1, -0.05) is 182 Å². The van der Waals surface area contributed by atoms with E-state index in [9.17, 15) is 0 Å². The lowest BCUT2D eigenvalue weighted by molar-refractivity contribution is 0.414. The van der Waals surface area contributed by atoms with Gasteiger partial charge in [0, 0.05) is 0 Å². The average molecular weight is 1030 g/mol. The zero-order valence-corrected chi connectivity index (χ0v) is 49.2. The van der Waals surface area contributed by atoms with Crippen molar-refractivity contribution in [3.8, 4) is 84.0 Å². The van der Waals surface area contributed by atoms with Crippen LogP contribution in [0.5, 0.6) is 17.2 Å². The molecule has 0 unspecified atom stereocenters. The number of methoxy groups -OCH3 is 3. The molecule has 0 radical (unpaired) electrons. The topological polar surface area (TPSA) is 27.7 Å². The first kappa shape index (κ1) is 50.0. The summed E-state index contributed by atoms with van der Waals surface area (Å²) in [5.41, 5.74) is 33.7. The molecule has 4 heterocycles. The Morgan fingerprint density at radius 3 is 1.03 bits per heavy atom. The minimum atomic E-state index is -0.000560. The van der Waals surface area contributed by atoms with Crippen molar-refractivity contribution in [2.45, 2.75) is 126 Å². The Labute approximate surface area is 469 Å². The summed E-state index contributed by atoms with van der Waals surface area (Å²) in [6.45, 7) is 31.0. The molecule has 4 aliphatic heterocycles. The van der Waals surface area contributed by atoms with Gasteiger partial charge < -0.3 is 14.2 Å². The third-order valence-electron chi connectivity index (χ3n) is 19.2. The van der Waals surface area contributed by atoms with Gasteiger partial charge >= 0.3 is 0 Å². The summed E-state index contributed by atoms with van der Waals surface area (Å²) in [5.74, 6) is 4.57. The van der Waals surface area contributed by atoms with E-state index >= 15 is 0 Å². The number of hydrogen-bond acceptors (Lipinski definition) is 3. The molecule has 14 rings (SSSR count). The third kappa shape index (κ3) is 6.87. The molecule has 79 heavy (non-hydrogen) atoms. The maximum Gasteiger partial charge on any atom is 0.244 e. The molecule has 392 valence electrons. The molecule has 0 bridgehead atoms. The van der Waals surface area contributed by atoms with Gasteiger partial charge in [0.1, 0.15) is 17.2 Å². The van der Waals surface area contributed by atoms with Crippen molar-refractivity contribution in [2.24, 2.45) is 0 Å². The highest BCUT2D eigenvalue weighted by Gasteiger charge is 2.46. The van der Waals surface area contributed by atoms with E-state index in [1.54, 1.807) is 7.11 Å². The van der Waals surface area contributed by atoms with E-state index in [-0.39, 0.29) is 37.1 Å². The first-order valence-corrected chi connectivity index (χ1v) is 29.4. The van der Waals surface area contributed by atoms with Crippen molar-refractivity contribution < 1.29 is 14.2 Å². The van der Waals surface area contributed by atoms with Crippen LogP contribution >= 0.6 is 0 Å². The Balaban J connectivity index is 1.28. The van der Waals surface area contributed by atoms with Gasteiger partial charge in [0.15, 0.2) is 0 Å². The Hall–Kier alpha value is -7.23. The van der Waals surface area contributed by atoms with Crippen molar-refractivity contribution in [3.63, 3.8) is 0 Å². The number of ether oxygens (including phenoxy) is 3. The molecule has 10 aromatic rings. The van der Waals surface area contributed by atoms with E-state index in [0.717, 1.165) is 17.2 Å². The molecule has 0 atom stereocenters. The Kier molecular flexibility index (Phi) is 11.2. The fourth-order valence-corrected chi connectivity index (χ4v) is 15.4. The second-order valence-electron chi connectivity index (χ2n) is 25.7. The highest BCUT2D eigenvalue weighted by atomic mass is 16.5. The van der Waals surface area contributed by atoms with Crippen molar-refractivity contribution in [3.05, 3.63) is 148 Å². The standard InChI is InChI=1S/C74H72B2O3/c1-35(2)42-22-47(37(5)6)67(48(23-42)38(7)8)53-31-55-61-29-45(78-15)27-59-51-21-41(13)17-19-63(51)75(73(59)61)65-33-57-54(68-49(39(9)10)24-43(36(3)4)25-50(68)40(11)12)32-56-62-30-46(79-16)28-60-52-26-44(77-14)18-20-64(52)76(74(60)62)66-34-58(53)71(69(55)65)72(57)70(56)66/h17-40H,1-16H3. The summed E-state index contributed by atoms with van der Waals surface area (Å²) in [6.07, 6.45) is 0. The SMILES string of the molecule is COc1ccc2c(c1)-c1cc(OC)cc3c1B2c1cc2c(-c4c(C(C)C)cc(C(C)C)cc4C(C)C)cc4c5c(cc6c(-c7c(C(C)C)cc(C(C)C)cc7C(C)C)cc-3c1c6c25)B1c2ccc(C)cc2-c2cc(OC)cc-4c21. The van der Waals surface area contributed by atoms with Crippen LogP contribution in [0.3, 0.4) is 0 Å². The smallest absolute Gasteiger partial charge is 0.244 e. The first-order valence-electron chi connectivity index (χ1n) is 29.4. The van der Waals surface area contributed by atoms with Gasteiger partial charge in [-0.05, 0) is 223 Å². The van der Waals surface area contributed by atoms with E-state index in [1.807, 2.05) is 14.2 Å². The van der Waals surface area contributed by atoms with Gasteiger partial charge in [0.05, 0.1) is 21.3 Å². The molecule has 5 heteroatoms. The molecular formula is C74H72B2O3. The molecular weight excluding hydrogens is 958 g/mol. The maximum atomic E-state index is 6.34. The minimum Gasteiger partial charge on any atom is -0.497 e. The molecule has 0 aromatic heterocycles. The quantitative estimate of drug-likeness (QED) is 0.0954. The Morgan fingerprint density at radius 1 is 0.304 bits per heavy atom. The number of hydrogen-bond donors (Lipinski definition) is 0. The lowest BCUT2D eigenvalue weighted by atomic mass is 9.34. The van der Waals surface area contributed by atoms with Crippen LogP contribution in [-0.2, 0) is 0 Å². The lowest BCUT2D eigenvalue weighted by Crippen LogP contribution is -2.53. The molecule has 0 aliphatic carbocycles. The second-order valence-corrected chi connectivity index (χ2v) is 25.7. The van der Waals surface area contributed by atoms with Crippen molar-refractivity contribution in [2.75, 3.05) is 21.3 Å². The third-order valence-corrected chi connectivity index (χ3v) is 19.2. The van der Waals surface area contributed by atoms with Crippen LogP contribution in [0, 0.1) is 6.92 Å². The van der Waals surface area contributed by atoms with E-state index in [1.165, 1.54) is 171 Å². The zero-order chi connectivity index (χ0) is 55.1. The summed E-state index contributed by atoms with van der Waals surface area (Å²) >= 11 is 0. The van der Waals surface area contributed by atoms with Gasteiger partial charge in [0.25, 0.3) is 0 Å². The summed E-state index contributed by atoms with van der Waals surface area (Å²) in [5, 5.41) is 8.18. The predicted octanol–water partition coefficient (Wildman–Crippen LogP) is 15.9. The van der Waals surface area contributed by atoms with Crippen LogP contribution in [0.15, 0.2) is 109 Å². The van der Waals surface area contributed by atoms with Crippen LogP contribution in [0.2, 0.25) is 0 Å². The fraction of sp³-hybridized carbons (Fsp3) is 0.297. The van der Waals surface area contributed by atoms with Gasteiger partial charge in [-0.25, -0.2) is 0 Å². The highest BCUT2D eigenvalue weighted by Crippen LogP contribution is 2.55.